The molecule has 32 heavy (non-hydrogen) atoms. The van der Waals surface area contributed by atoms with Crippen LogP contribution in [0.3, 0.4) is 0 Å². The van der Waals surface area contributed by atoms with Crippen LogP contribution in [-0.2, 0) is 4.79 Å². The average Bonchev–Trinajstić information content (AvgIpc) is 2.76. The van der Waals surface area contributed by atoms with Crippen molar-refractivity contribution in [2.24, 2.45) is 0 Å². The molecule has 3 aromatic carbocycles. The lowest BCUT2D eigenvalue weighted by Crippen LogP contribution is -2.22. The SMILES string of the molecule is Cc1ccc(-c2oc3cc(C)c(C)cc3c(=O)c2OCC(=O)Nc2ccc(Cl)cc2)cc1. The molecule has 5 nitrogen and oxygen atoms in total. The number of carbonyl (C=O) groups is 1. The van der Waals surface area contributed by atoms with Crippen LogP contribution < -0.4 is 15.5 Å². The van der Waals surface area contributed by atoms with Crippen molar-refractivity contribution in [2.45, 2.75) is 20.8 Å². The Labute approximate surface area is 190 Å². The zero-order chi connectivity index (χ0) is 22.8. The Balaban J connectivity index is 1.71. The normalized spacial score (nSPS) is 10.9. The molecule has 0 bridgehead atoms. The van der Waals surface area contributed by atoms with Crippen LogP contribution in [0.15, 0.2) is 69.9 Å². The summed E-state index contributed by atoms with van der Waals surface area (Å²) in [5.41, 5.74) is 4.51. The fourth-order valence-corrected chi connectivity index (χ4v) is 3.45. The second kappa shape index (κ2) is 8.89. The third-order valence-electron chi connectivity index (χ3n) is 5.25. The highest BCUT2D eigenvalue weighted by atomic mass is 35.5. The molecule has 0 aliphatic heterocycles. The average molecular weight is 448 g/mol. The van der Waals surface area contributed by atoms with Gasteiger partial charge in [-0.1, -0.05) is 41.4 Å². The molecule has 0 atom stereocenters. The predicted octanol–water partition coefficient (Wildman–Crippen LogP) is 6.06. The Morgan fingerprint density at radius 2 is 1.62 bits per heavy atom. The number of anilines is 1. The molecule has 4 rings (SSSR count). The summed E-state index contributed by atoms with van der Waals surface area (Å²) in [4.78, 5) is 25.8. The summed E-state index contributed by atoms with van der Waals surface area (Å²) in [7, 11) is 0. The topological polar surface area (TPSA) is 68.5 Å². The highest BCUT2D eigenvalue weighted by molar-refractivity contribution is 6.30. The minimum Gasteiger partial charge on any atom is -0.476 e. The first kappa shape index (κ1) is 21.7. The Hall–Kier alpha value is -3.57. The molecule has 1 aromatic heterocycles. The van der Waals surface area contributed by atoms with E-state index in [4.69, 9.17) is 20.8 Å². The number of halogens is 1. The van der Waals surface area contributed by atoms with Gasteiger partial charge in [-0.3, -0.25) is 9.59 Å². The zero-order valence-corrected chi connectivity index (χ0v) is 18.7. The minimum atomic E-state index is -0.401. The molecule has 6 heteroatoms. The van der Waals surface area contributed by atoms with Crippen molar-refractivity contribution in [3.8, 4) is 17.1 Å². The molecule has 1 N–H and O–H groups in total. The van der Waals surface area contributed by atoms with Gasteiger partial charge in [0.25, 0.3) is 5.91 Å². The number of rotatable bonds is 5. The molecule has 0 radical (unpaired) electrons. The van der Waals surface area contributed by atoms with Crippen molar-refractivity contribution in [1.29, 1.82) is 0 Å². The highest BCUT2D eigenvalue weighted by Gasteiger charge is 2.19. The van der Waals surface area contributed by atoms with Crippen molar-refractivity contribution < 1.29 is 13.9 Å². The van der Waals surface area contributed by atoms with Gasteiger partial charge >= 0.3 is 0 Å². The number of carbonyl (C=O) groups excluding carboxylic acids is 1. The van der Waals surface area contributed by atoms with Crippen molar-refractivity contribution in [3.05, 3.63) is 92.6 Å². The van der Waals surface area contributed by atoms with E-state index in [9.17, 15) is 9.59 Å². The number of nitrogens with one attached hydrogen (secondary N) is 1. The smallest absolute Gasteiger partial charge is 0.262 e. The van der Waals surface area contributed by atoms with E-state index in [2.05, 4.69) is 5.32 Å². The van der Waals surface area contributed by atoms with E-state index >= 15 is 0 Å². The van der Waals surface area contributed by atoms with E-state index < -0.39 is 5.91 Å². The molecule has 0 aliphatic rings. The summed E-state index contributed by atoms with van der Waals surface area (Å²) in [5.74, 6) is -0.0947. The van der Waals surface area contributed by atoms with Crippen LogP contribution in [0.2, 0.25) is 5.02 Å². The first-order valence-corrected chi connectivity index (χ1v) is 10.5. The Bertz CT molecular complexity index is 1360. The molecule has 4 aromatic rings. The van der Waals surface area contributed by atoms with Crippen molar-refractivity contribution in [1.82, 2.24) is 0 Å². The molecule has 162 valence electrons. The molecule has 0 spiro atoms. The summed E-state index contributed by atoms with van der Waals surface area (Å²) in [6, 6.07) is 17.9. The van der Waals surface area contributed by atoms with Crippen LogP contribution >= 0.6 is 11.6 Å². The lowest BCUT2D eigenvalue weighted by atomic mass is 10.0. The van der Waals surface area contributed by atoms with Gasteiger partial charge in [-0.15, -0.1) is 0 Å². The third-order valence-corrected chi connectivity index (χ3v) is 5.51. The lowest BCUT2D eigenvalue weighted by molar-refractivity contribution is -0.118. The van der Waals surface area contributed by atoms with Crippen LogP contribution in [-0.4, -0.2) is 12.5 Å². The Kier molecular flexibility index (Phi) is 6.01. The molecule has 1 heterocycles. The second-order valence-electron chi connectivity index (χ2n) is 7.73. The summed E-state index contributed by atoms with van der Waals surface area (Å²) < 4.78 is 11.9. The van der Waals surface area contributed by atoms with E-state index in [1.165, 1.54) is 0 Å². The van der Waals surface area contributed by atoms with Gasteiger partial charge in [-0.2, -0.15) is 0 Å². The molecule has 0 saturated heterocycles. The summed E-state index contributed by atoms with van der Waals surface area (Å²) >= 11 is 5.88. The number of ether oxygens (including phenoxy) is 1. The van der Waals surface area contributed by atoms with Gasteiger partial charge in [0.1, 0.15) is 5.58 Å². The van der Waals surface area contributed by atoms with Gasteiger partial charge < -0.3 is 14.5 Å². The molecular formula is C26H22ClNO4. The molecule has 0 aliphatic carbocycles. The van der Waals surface area contributed by atoms with Gasteiger partial charge in [0, 0.05) is 16.3 Å². The van der Waals surface area contributed by atoms with Gasteiger partial charge in [0.05, 0.1) is 5.39 Å². The van der Waals surface area contributed by atoms with E-state index in [1.54, 1.807) is 30.3 Å². The number of hydrogen-bond acceptors (Lipinski definition) is 4. The molecule has 1 amide bonds. The van der Waals surface area contributed by atoms with E-state index in [0.29, 0.717) is 33.0 Å². The molecule has 0 saturated carbocycles. The van der Waals surface area contributed by atoms with E-state index in [-0.39, 0.29) is 17.8 Å². The number of hydrogen-bond donors (Lipinski definition) is 1. The number of aryl methyl sites for hydroxylation is 3. The molecular weight excluding hydrogens is 426 g/mol. The van der Waals surface area contributed by atoms with Crippen LogP contribution in [0.5, 0.6) is 5.75 Å². The van der Waals surface area contributed by atoms with Crippen LogP contribution in [0.25, 0.3) is 22.3 Å². The van der Waals surface area contributed by atoms with Gasteiger partial charge in [-0.25, -0.2) is 0 Å². The van der Waals surface area contributed by atoms with Crippen LogP contribution in [0.4, 0.5) is 5.69 Å². The Morgan fingerprint density at radius 3 is 2.31 bits per heavy atom. The largest absolute Gasteiger partial charge is 0.476 e. The first-order valence-electron chi connectivity index (χ1n) is 10.1. The van der Waals surface area contributed by atoms with Gasteiger partial charge in [0.15, 0.2) is 12.4 Å². The quantitative estimate of drug-likeness (QED) is 0.404. The zero-order valence-electron chi connectivity index (χ0n) is 18.0. The fourth-order valence-electron chi connectivity index (χ4n) is 3.33. The monoisotopic (exact) mass is 447 g/mol. The summed E-state index contributed by atoms with van der Waals surface area (Å²) in [6.45, 7) is 5.53. The first-order chi connectivity index (χ1) is 15.3. The number of benzene rings is 3. The van der Waals surface area contributed by atoms with Crippen LogP contribution in [0, 0.1) is 20.8 Å². The lowest BCUT2D eigenvalue weighted by Gasteiger charge is -2.13. The predicted molar refractivity (Wildman–Crippen MR) is 128 cm³/mol. The summed E-state index contributed by atoms with van der Waals surface area (Å²) in [6.07, 6.45) is 0. The van der Waals surface area contributed by atoms with Crippen molar-refractivity contribution >= 4 is 34.2 Å². The van der Waals surface area contributed by atoms with Gasteiger partial charge in [-0.05, 0) is 68.3 Å². The van der Waals surface area contributed by atoms with E-state index in [1.807, 2.05) is 51.1 Å². The maximum atomic E-state index is 13.3. The third kappa shape index (κ3) is 4.53. The number of fused-ring (bicyclic) bond motifs is 1. The van der Waals surface area contributed by atoms with E-state index in [0.717, 1.165) is 16.7 Å². The van der Waals surface area contributed by atoms with Crippen molar-refractivity contribution in [2.75, 3.05) is 11.9 Å². The van der Waals surface area contributed by atoms with Crippen LogP contribution in [0.1, 0.15) is 16.7 Å². The van der Waals surface area contributed by atoms with Crippen molar-refractivity contribution in [3.63, 3.8) is 0 Å². The Morgan fingerprint density at radius 1 is 0.969 bits per heavy atom. The summed E-state index contributed by atoms with van der Waals surface area (Å²) in [5, 5.41) is 3.71. The maximum Gasteiger partial charge on any atom is 0.262 e. The standard InChI is InChI=1S/C26H22ClNO4/c1-15-4-6-18(7-5-15)25-26(24(30)21-12-16(2)17(3)13-22(21)32-25)31-14-23(29)28-20-10-8-19(27)9-11-20/h4-13H,14H2,1-3H3,(H,28,29). The molecule has 0 fully saturated rings. The fraction of sp³-hybridized carbons (Fsp3) is 0.154. The molecule has 0 unspecified atom stereocenters. The highest BCUT2D eigenvalue weighted by Crippen LogP contribution is 2.32. The maximum absolute atomic E-state index is 13.3. The second-order valence-corrected chi connectivity index (χ2v) is 8.17. The minimum absolute atomic E-state index is 0.0101. The number of amides is 1. The van der Waals surface area contributed by atoms with Gasteiger partial charge in [0.2, 0.25) is 11.2 Å².